The highest BCUT2D eigenvalue weighted by Gasteiger charge is 2.47. The number of benzene rings is 1. The van der Waals surface area contributed by atoms with Crippen molar-refractivity contribution in [3.8, 4) is 0 Å². The summed E-state index contributed by atoms with van der Waals surface area (Å²) < 4.78 is 15.9. The lowest BCUT2D eigenvalue weighted by Crippen LogP contribution is -2.67. The van der Waals surface area contributed by atoms with Crippen molar-refractivity contribution in [1.29, 1.82) is 0 Å². The predicted molar refractivity (Wildman–Crippen MR) is 94.6 cm³/mol. The maximum atomic E-state index is 12.3. The molecule has 0 atom stereocenters. The molecule has 0 N–H and O–H groups in total. The number of carbonyl (C=O) groups excluding carboxylic acids is 2. The molecule has 0 unspecified atom stereocenters. The van der Waals surface area contributed by atoms with Crippen LogP contribution >= 0.6 is 0 Å². The molecule has 7 heteroatoms. The monoisotopic (exact) mass is 362 g/mol. The van der Waals surface area contributed by atoms with E-state index in [9.17, 15) is 9.59 Å². The van der Waals surface area contributed by atoms with Crippen LogP contribution in [0.25, 0.3) is 0 Å². The van der Waals surface area contributed by atoms with Gasteiger partial charge in [0.2, 0.25) is 0 Å². The van der Waals surface area contributed by atoms with E-state index in [2.05, 4.69) is 4.90 Å². The number of ether oxygens (including phenoxy) is 3. The van der Waals surface area contributed by atoms with Crippen molar-refractivity contribution in [2.45, 2.75) is 25.5 Å². The molecule has 7 nitrogen and oxygen atoms in total. The number of hydrogen-bond donors (Lipinski definition) is 0. The molecule has 2 aliphatic rings. The molecule has 0 radical (unpaired) electrons. The van der Waals surface area contributed by atoms with E-state index < -0.39 is 0 Å². The number of piperazine rings is 1. The van der Waals surface area contributed by atoms with Crippen LogP contribution in [0.1, 0.15) is 18.9 Å². The first kappa shape index (κ1) is 18.7. The summed E-state index contributed by atoms with van der Waals surface area (Å²) in [6, 6.07) is 9.64. The van der Waals surface area contributed by atoms with E-state index in [1.807, 2.05) is 37.3 Å². The largest absolute Gasteiger partial charge is 0.466 e. The van der Waals surface area contributed by atoms with Crippen LogP contribution in [0.3, 0.4) is 0 Å². The molecule has 2 aliphatic heterocycles. The molecule has 2 fully saturated rings. The average molecular weight is 362 g/mol. The van der Waals surface area contributed by atoms with Crippen molar-refractivity contribution in [1.82, 2.24) is 9.80 Å². The van der Waals surface area contributed by atoms with Gasteiger partial charge in [-0.1, -0.05) is 30.3 Å². The highest BCUT2D eigenvalue weighted by atomic mass is 16.6. The Hall–Kier alpha value is -2.12. The van der Waals surface area contributed by atoms with Gasteiger partial charge in [-0.3, -0.25) is 9.69 Å². The minimum absolute atomic E-state index is 0.194. The normalized spacial score (nSPS) is 19.5. The van der Waals surface area contributed by atoms with Crippen molar-refractivity contribution in [3.05, 3.63) is 35.9 Å². The smallest absolute Gasteiger partial charge is 0.410 e. The van der Waals surface area contributed by atoms with Crippen LogP contribution in [0.4, 0.5) is 4.79 Å². The number of carbonyl (C=O) groups is 2. The zero-order chi connectivity index (χ0) is 18.4. The lowest BCUT2D eigenvalue weighted by Gasteiger charge is -2.51. The van der Waals surface area contributed by atoms with E-state index in [0.717, 1.165) is 5.56 Å². The number of esters is 1. The van der Waals surface area contributed by atoms with E-state index in [1.165, 1.54) is 0 Å². The fourth-order valence-electron chi connectivity index (χ4n) is 3.39. The third-order valence-corrected chi connectivity index (χ3v) is 4.93. The Kier molecular flexibility index (Phi) is 6.11. The molecule has 26 heavy (non-hydrogen) atoms. The average Bonchev–Trinajstić information content (AvgIpc) is 2.64. The highest BCUT2D eigenvalue weighted by molar-refractivity contribution is 5.71. The minimum Gasteiger partial charge on any atom is -0.466 e. The van der Waals surface area contributed by atoms with Crippen molar-refractivity contribution in [2.24, 2.45) is 0 Å². The fraction of sp³-hybridized carbons (Fsp3) is 0.579. The summed E-state index contributed by atoms with van der Waals surface area (Å²) in [5.74, 6) is -0.194. The quantitative estimate of drug-likeness (QED) is 0.717. The van der Waals surface area contributed by atoms with Gasteiger partial charge in [0.25, 0.3) is 0 Å². The Morgan fingerprint density at radius 2 is 1.77 bits per heavy atom. The molecule has 2 saturated heterocycles. The molecule has 0 aliphatic carbocycles. The zero-order valence-corrected chi connectivity index (χ0v) is 15.2. The van der Waals surface area contributed by atoms with Crippen molar-refractivity contribution < 1.29 is 23.8 Å². The lowest BCUT2D eigenvalue weighted by atomic mass is 9.90. The van der Waals surface area contributed by atoms with Gasteiger partial charge in [0.1, 0.15) is 6.61 Å². The Bertz CT molecular complexity index is 610. The minimum atomic E-state index is -0.294. The third-order valence-electron chi connectivity index (χ3n) is 4.93. The van der Waals surface area contributed by atoms with Gasteiger partial charge in [0, 0.05) is 26.2 Å². The number of hydrogen-bond acceptors (Lipinski definition) is 6. The van der Waals surface area contributed by atoms with Gasteiger partial charge in [-0.05, 0) is 12.5 Å². The first-order chi connectivity index (χ1) is 12.6. The summed E-state index contributed by atoms with van der Waals surface area (Å²) in [5.41, 5.74) is 0.686. The van der Waals surface area contributed by atoms with Gasteiger partial charge in [0.15, 0.2) is 0 Å². The summed E-state index contributed by atoms with van der Waals surface area (Å²) >= 11 is 0. The van der Waals surface area contributed by atoms with Crippen LogP contribution in [-0.4, -0.2) is 73.4 Å². The lowest BCUT2D eigenvalue weighted by molar-refractivity contribution is -0.173. The molecular weight excluding hydrogens is 336 g/mol. The molecule has 1 aromatic carbocycles. The first-order valence-corrected chi connectivity index (χ1v) is 9.07. The Labute approximate surface area is 153 Å². The van der Waals surface area contributed by atoms with Crippen LogP contribution in [0.2, 0.25) is 0 Å². The molecule has 1 aromatic rings. The van der Waals surface area contributed by atoms with E-state index in [-0.39, 0.29) is 24.2 Å². The zero-order valence-electron chi connectivity index (χ0n) is 15.2. The topological polar surface area (TPSA) is 68.3 Å². The molecule has 0 bridgehead atoms. The van der Waals surface area contributed by atoms with Crippen molar-refractivity contribution >= 4 is 12.1 Å². The second-order valence-corrected chi connectivity index (χ2v) is 6.71. The molecule has 0 spiro atoms. The predicted octanol–water partition coefficient (Wildman–Crippen LogP) is 1.66. The molecule has 0 saturated carbocycles. The van der Waals surface area contributed by atoms with Gasteiger partial charge in [-0.15, -0.1) is 0 Å². The first-order valence-electron chi connectivity index (χ1n) is 9.07. The third kappa shape index (κ3) is 4.34. The summed E-state index contributed by atoms with van der Waals surface area (Å²) in [6.07, 6.45) is 0.0389. The second kappa shape index (κ2) is 8.51. The highest BCUT2D eigenvalue weighted by Crippen LogP contribution is 2.30. The van der Waals surface area contributed by atoms with Gasteiger partial charge in [-0.25, -0.2) is 4.79 Å². The standard InChI is InChI=1S/C19H26N2O5/c1-2-25-17(22)12-19(14-24-15-19)21-10-8-20(9-11-21)18(23)26-13-16-6-4-3-5-7-16/h3-7H,2,8-15H2,1H3. The van der Waals surface area contributed by atoms with Crippen LogP contribution in [-0.2, 0) is 25.6 Å². The van der Waals surface area contributed by atoms with E-state index in [0.29, 0.717) is 52.4 Å². The van der Waals surface area contributed by atoms with Crippen LogP contribution < -0.4 is 0 Å². The molecular formula is C19H26N2O5. The summed E-state index contributed by atoms with van der Waals surface area (Å²) in [5, 5.41) is 0. The van der Waals surface area contributed by atoms with Crippen LogP contribution in [0, 0.1) is 0 Å². The fourth-order valence-corrected chi connectivity index (χ4v) is 3.39. The van der Waals surface area contributed by atoms with Gasteiger partial charge in [-0.2, -0.15) is 0 Å². The SMILES string of the molecule is CCOC(=O)CC1(N2CCN(C(=O)OCc3ccccc3)CC2)COC1. The van der Waals surface area contributed by atoms with Crippen LogP contribution in [0.15, 0.2) is 30.3 Å². The molecule has 3 rings (SSSR count). The van der Waals surface area contributed by atoms with Crippen molar-refractivity contribution in [2.75, 3.05) is 46.0 Å². The maximum absolute atomic E-state index is 12.3. The number of amides is 1. The number of rotatable bonds is 6. The maximum Gasteiger partial charge on any atom is 0.410 e. The molecule has 1 amide bonds. The van der Waals surface area contributed by atoms with Gasteiger partial charge >= 0.3 is 12.1 Å². The summed E-state index contributed by atoms with van der Waals surface area (Å²) in [6.45, 7) is 6.09. The van der Waals surface area contributed by atoms with E-state index in [1.54, 1.807) is 4.90 Å². The molecule has 2 heterocycles. The van der Waals surface area contributed by atoms with E-state index >= 15 is 0 Å². The van der Waals surface area contributed by atoms with Crippen molar-refractivity contribution in [3.63, 3.8) is 0 Å². The van der Waals surface area contributed by atoms with Gasteiger partial charge < -0.3 is 19.1 Å². The number of nitrogens with zero attached hydrogens (tertiary/aromatic N) is 2. The Morgan fingerprint density at radius 1 is 1.08 bits per heavy atom. The Morgan fingerprint density at radius 3 is 2.35 bits per heavy atom. The van der Waals surface area contributed by atoms with E-state index in [4.69, 9.17) is 14.2 Å². The van der Waals surface area contributed by atoms with Crippen LogP contribution in [0.5, 0.6) is 0 Å². The summed E-state index contributed by atoms with van der Waals surface area (Å²) in [4.78, 5) is 28.1. The second-order valence-electron chi connectivity index (χ2n) is 6.71. The summed E-state index contributed by atoms with van der Waals surface area (Å²) in [7, 11) is 0. The molecule has 142 valence electrons. The Balaban J connectivity index is 1.47. The van der Waals surface area contributed by atoms with Gasteiger partial charge in [0.05, 0.1) is 31.8 Å². The molecule has 0 aromatic heterocycles.